The SMILES string of the molecule is NC(Cc1ccccc1)c1cccc(-c2ccccc2)c1S(=O)(=O)O. The summed E-state index contributed by atoms with van der Waals surface area (Å²) in [6, 6.07) is 23.2. The van der Waals surface area contributed by atoms with Crippen molar-refractivity contribution in [2.24, 2.45) is 5.73 Å². The molecule has 25 heavy (non-hydrogen) atoms. The Balaban J connectivity index is 2.11. The van der Waals surface area contributed by atoms with Crippen LogP contribution in [0.3, 0.4) is 0 Å². The van der Waals surface area contributed by atoms with Gasteiger partial charge in [-0.3, -0.25) is 4.55 Å². The molecular weight excluding hydrogens is 334 g/mol. The molecule has 3 N–H and O–H groups in total. The molecular formula is C20H19NO3S. The molecule has 4 nitrogen and oxygen atoms in total. The van der Waals surface area contributed by atoms with Crippen LogP contribution in [0.15, 0.2) is 83.8 Å². The van der Waals surface area contributed by atoms with E-state index in [0.717, 1.165) is 5.56 Å². The van der Waals surface area contributed by atoms with Gasteiger partial charge < -0.3 is 5.73 Å². The normalized spacial score (nSPS) is 12.7. The monoisotopic (exact) mass is 353 g/mol. The Morgan fingerprint density at radius 3 is 2.04 bits per heavy atom. The first-order valence-corrected chi connectivity index (χ1v) is 9.36. The van der Waals surface area contributed by atoms with Crippen molar-refractivity contribution in [1.29, 1.82) is 0 Å². The highest BCUT2D eigenvalue weighted by Gasteiger charge is 2.24. The van der Waals surface area contributed by atoms with Crippen molar-refractivity contribution >= 4 is 10.1 Å². The van der Waals surface area contributed by atoms with Crippen molar-refractivity contribution in [2.45, 2.75) is 17.4 Å². The van der Waals surface area contributed by atoms with Crippen LogP contribution in [0.25, 0.3) is 11.1 Å². The van der Waals surface area contributed by atoms with E-state index in [4.69, 9.17) is 5.73 Å². The molecule has 0 bridgehead atoms. The summed E-state index contributed by atoms with van der Waals surface area (Å²) in [5, 5.41) is 0. The lowest BCUT2D eigenvalue weighted by Crippen LogP contribution is -2.18. The summed E-state index contributed by atoms with van der Waals surface area (Å²) in [4.78, 5) is -0.121. The van der Waals surface area contributed by atoms with Gasteiger partial charge in [-0.1, -0.05) is 78.9 Å². The van der Waals surface area contributed by atoms with Gasteiger partial charge in [-0.25, -0.2) is 0 Å². The van der Waals surface area contributed by atoms with Crippen molar-refractivity contribution < 1.29 is 13.0 Å². The van der Waals surface area contributed by atoms with Crippen LogP contribution in [0.1, 0.15) is 17.2 Å². The smallest absolute Gasteiger partial charge is 0.295 e. The second kappa shape index (κ2) is 7.19. The Hall–Kier alpha value is -2.47. The summed E-state index contributed by atoms with van der Waals surface area (Å²) < 4.78 is 34.1. The van der Waals surface area contributed by atoms with E-state index >= 15 is 0 Å². The van der Waals surface area contributed by atoms with Crippen LogP contribution in [0.5, 0.6) is 0 Å². The standard InChI is InChI=1S/C20H19NO3S/c21-19(14-15-8-3-1-4-9-15)18-13-7-12-17(20(18)25(22,23)24)16-10-5-2-6-11-16/h1-13,19H,14,21H2,(H,22,23,24). The minimum atomic E-state index is -4.43. The number of nitrogens with two attached hydrogens (primary N) is 1. The van der Waals surface area contributed by atoms with Crippen LogP contribution >= 0.6 is 0 Å². The van der Waals surface area contributed by atoms with E-state index in [1.165, 1.54) is 0 Å². The largest absolute Gasteiger partial charge is 0.324 e. The molecule has 0 radical (unpaired) electrons. The number of hydrogen-bond acceptors (Lipinski definition) is 3. The van der Waals surface area contributed by atoms with Crippen LogP contribution < -0.4 is 5.73 Å². The molecule has 0 aliphatic rings. The second-order valence-electron chi connectivity index (χ2n) is 5.86. The van der Waals surface area contributed by atoms with Gasteiger partial charge in [-0.15, -0.1) is 0 Å². The fourth-order valence-electron chi connectivity index (χ4n) is 2.96. The molecule has 0 spiro atoms. The predicted molar refractivity (Wildman–Crippen MR) is 98.8 cm³/mol. The zero-order valence-electron chi connectivity index (χ0n) is 13.5. The van der Waals surface area contributed by atoms with Gasteiger partial charge in [0, 0.05) is 11.6 Å². The van der Waals surface area contributed by atoms with Crippen LogP contribution in [0.2, 0.25) is 0 Å². The third-order valence-corrected chi connectivity index (χ3v) is 5.06. The highest BCUT2D eigenvalue weighted by molar-refractivity contribution is 7.86. The second-order valence-corrected chi connectivity index (χ2v) is 7.22. The molecule has 0 aliphatic carbocycles. The molecule has 3 aromatic carbocycles. The third-order valence-electron chi connectivity index (χ3n) is 4.09. The molecule has 0 saturated carbocycles. The maximum absolute atomic E-state index is 12.1. The van der Waals surface area contributed by atoms with E-state index in [2.05, 4.69) is 0 Å². The van der Waals surface area contributed by atoms with Crippen molar-refractivity contribution in [3.05, 3.63) is 90.0 Å². The lowest BCUT2D eigenvalue weighted by Gasteiger charge is -2.18. The first-order valence-electron chi connectivity index (χ1n) is 7.92. The van der Waals surface area contributed by atoms with E-state index in [1.54, 1.807) is 30.3 Å². The molecule has 0 heterocycles. The number of benzene rings is 3. The van der Waals surface area contributed by atoms with Crippen molar-refractivity contribution in [2.75, 3.05) is 0 Å². The van der Waals surface area contributed by atoms with Gasteiger partial charge in [0.15, 0.2) is 0 Å². The molecule has 3 rings (SSSR count). The minimum Gasteiger partial charge on any atom is -0.324 e. The van der Waals surface area contributed by atoms with Gasteiger partial charge in [-0.2, -0.15) is 8.42 Å². The van der Waals surface area contributed by atoms with Gasteiger partial charge in [-0.05, 0) is 23.1 Å². The van der Waals surface area contributed by atoms with E-state index < -0.39 is 16.2 Å². The molecule has 0 saturated heterocycles. The maximum Gasteiger partial charge on any atom is 0.295 e. The molecule has 0 fully saturated rings. The molecule has 3 aromatic rings. The highest BCUT2D eigenvalue weighted by atomic mass is 32.2. The number of rotatable bonds is 5. The fourth-order valence-corrected chi connectivity index (χ4v) is 3.94. The van der Waals surface area contributed by atoms with Crippen molar-refractivity contribution in [3.63, 3.8) is 0 Å². The van der Waals surface area contributed by atoms with E-state index in [-0.39, 0.29) is 4.90 Å². The summed E-state index contributed by atoms with van der Waals surface area (Å²) in [6.45, 7) is 0. The maximum atomic E-state index is 12.1. The van der Waals surface area contributed by atoms with Gasteiger partial charge in [0.1, 0.15) is 4.90 Å². The van der Waals surface area contributed by atoms with Gasteiger partial charge in [0.05, 0.1) is 0 Å². The van der Waals surface area contributed by atoms with E-state index in [0.29, 0.717) is 23.1 Å². The van der Waals surface area contributed by atoms with Gasteiger partial charge in [0.2, 0.25) is 0 Å². The van der Waals surface area contributed by atoms with Crippen LogP contribution in [0.4, 0.5) is 0 Å². The quantitative estimate of drug-likeness (QED) is 0.683. The average molecular weight is 353 g/mol. The van der Waals surface area contributed by atoms with Crippen LogP contribution in [-0.4, -0.2) is 13.0 Å². The van der Waals surface area contributed by atoms with Crippen molar-refractivity contribution in [3.8, 4) is 11.1 Å². The zero-order valence-corrected chi connectivity index (χ0v) is 14.4. The fraction of sp³-hybridized carbons (Fsp3) is 0.100. The summed E-state index contributed by atoms with van der Waals surface area (Å²) in [6.07, 6.45) is 0.474. The zero-order chi connectivity index (χ0) is 17.9. The average Bonchev–Trinajstić information content (AvgIpc) is 2.62. The van der Waals surface area contributed by atoms with Crippen LogP contribution in [-0.2, 0) is 16.5 Å². The third kappa shape index (κ3) is 3.96. The molecule has 1 atom stereocenters. The Morgan fingerprint density at radius 2 is 1.44 bits per heavy atom. The van der Waals surface area contributed by atoms with Gasteiger partial charge >= 0.3 is 0 Å². The number of hydrogen-bond donors (Lipinski definition) is 2. The highest BCUT2D eigenvalue weighted by Crippen LogP contribution is 2.33. The molecule has 0 amide bonds. The molecule has 1 unspecified atom stereocenters. The Labute approximate surface area is 147 Å². The molecule has 128 valence electrons. The minimum absolute atomic E-state index is 0.121. The lowest BCUT2D eigenvalue weighted by atomic mass is 9.96. The molecule has 0 aliphatic heterocycles. The van der Waals surface area contributed by atoms with Gasteiger partial charge in [0.25, 0.3) is 10.1 Å². The lowest BCUT2D eigenvalue weighted by molar-refractivity contribution is 0.481. The van der Waals surface area contributed by atoms with E-state index in [9.17, 15) is 13.0 Å². The first-order chi connectivity index (χ1) is 12.0. The topological polar surface area (TPSA) is 80.4 Å². The first kappa shape index (κ1) is 17.4. The molecule has 0 aromatic heterocycles. The Morgan fingerprint density at radius 1 is 0.840 bits per heavy atom. The Bertz CT molecular complexity index is 955. The Kier molecular flexibility index (Phi) is 4.99. The van der Waals surface area contributed by atoms with Crippen molar-refractivity contribution in [1.82, 2.24) is 0 Å². The molecule has 5 heteroatoms. The summed E-state index contributed by atoms with van der Waals surface area (Å²) in [7, 11) is -4.43. The summed E-state index contributed by atoms with van der Waals surface area (Å²) in [5.74, 6) is 0. The summed E-state index contributed by atoms with van der Waals surface area (Å²) >= 11 is 0. The van der Waals surface area contributed by atoms with Crippen LogP contribution in [0, 0.1) is 0 Å². The summed E-state index contributed by atoms with van der Waals surface area (Å²) in [5.41, 5.74) is 8.87. The van der Waals surface area contributed by atoms with E-state index in [1.807, 2.05) is 48.5 Å². The predicted octanol–water partition coefficient (Wildman–Crippen LogP) is 3.84.